The molecule has 0 saturated carbocycles. The van der Waals surface area contributed by atoms with Gasteiger partial charge >= 0.3 is 0 Å². The van der Waals surface area contributed by atoms with E-state index < -0.39 is 0 Å². The highest BCUT2D eigenvalue weighted by Gasteiger charge is 2.23. The van der Waals surface area contributed by atoms with E-state index in [9.17, 15) is 4.39 Å². The lowest BCUT2D eigenvalue weighted by Crippen LogP contribution is -2.06. The monoisotopic (exact) mass is 443 g/mol. The van der Waals surface area contributed by atoms with Gasteiger partial charge in [-0.1, -0.05) is 60.3 Å². The normalized spacial score (nSPS) is 12.1. The van der Waals surface area contributed by atoms with Crippen LogP contribution in [-0.2, 0) is 0 Å². The minimum Gasteiger partial charge on any atom is -0.270 e. The molecule has 158 valence electrons. The Kier molecular flexibility index (Phi) is 5.47. The van der Waals surface area contributed by atoms with Gasteiger partial charge in [-0.3, -0.25) is 4.57 Å². The number of hydrogen-bond donors (Lipinski definition) is 0. The summed E-state index contributed by atoms with van der Waals surface area (Å²) in [6, 6.07) is 25.8. The van der Waals surface area contributed by atoms with Crippen LogP contribution in [0.2, 0.25) is 0 Å². The Hall–Kier alpha value is -3.85. The fourth-order valence-corrected chi connectivity index (χ4v) is 4.31. The number of rotatable bonds is 6. The molecule has 7 nitrogen and oxygen atoms in total. The number of hydrogen-bond acceptors (Lipinski definition) is 6. The molecule has 0 aliphatic carbocycles. The number of tetrazole rings is 1. The second-order valence-corrected chi connectivity index (χ2v) is 8.34. The molecule has 0 spiro atoms. The summed E-state index contributed by atoms with van der Waals surface area (Å²) in [4.78, 5) is 0. The summed E-state index contributed by atoms with van der Waals surface area (Å²) in [6.07, 6.45) is 0. The Morgan fingerprint density at radius 1 is 0.781 bits per heavy atom. The maximum Gasteiger partial charge on any atom is 0.196 e. The maximum absolute atomic E-state index is 13.6. The molecule has 0 bridgehead atoms. The van der Waals surface area contributed by atoms with Crippen molar-refractivity contribution in [3.05, 3.63) is 96.6 Å². The van der Waals surface area contributed by atoms with Crippen molar-refractivity contribution in [1.82, 2.24) is 35.0 Å². The van der Waals surface area contributed by atoms with Crippen LogP contribution in [-0.4, -0.2) is 35.0 Å². The van der Waals surface area contributed by atoms with Crippen LogP contribution in [0.4, 0.5) is 4.39 Å². The summed E-state index contributed by atoms with van der Waals surface area (Å²) in [7, 11) is 0. The van der Waals surface area contributed by atoms with Crippen molar-refractivity contribution in [2.45, 2.75) is 17.3 Å². The van der Waals surface area contributed by atoms with E-state index in [0.29, 0.717) is 16.8 Å². The summed E-state index contributed by atoms with van der Waals surface area (Å²) in [6.45, 7) is 2.02. The molecule has 1 unspecified atom stereocenters. The largest absolute Gasteiger partial charge is 0.270 e. The number of para-hydroxylation sites is 1. The van der Waals surface area contributed by atoms with Crippen LogP contribution in [0.25, 0.3) is 22.8 Å². The number of thioether (sulfide) groups is 1. The molecule has 5 rings (SSSR count). The predicted octanol–water partition coefficient (Wildman–Crippen LogP) is 4.90. The highest BCUT2D eigenvalue weighted by Crippen LogP contribution is 2.36. The molecular weight excluding hydrogens is 425 g/mol. The van der Waals surface area contributed by atoms with Crippen LogP contribution >= 0.6 is 11.8 Å². The van der Waals surface area contributed by atoms with E-state index in [1.165, 1.54) is 23.9 Å². The highest BCUT2D eigenvalue weighted by atomic mass is 32.2. The van der Waals surface area contributed by atoms with Crippen molar-refractivity contribution < 1.29 is 4.39 Å². The van der Waals surface area contributed by atoms with E-state index in [1.807, 2.05) is 72.2 Å². The van der Waals surface area contributed by atoms with Gasteiger partial charge in [0.1, 0.15) is 5.82 Å². The second kappa shape index (κ2) is 8.72. The van der Waals surface area contributed by atoms with E-state index in [4.69, 9.17) is 0 Å². The first kappa shape index (κ1) is 20.1. The Morgan fingerprint density at radius 3 is 2.19 bits per heavy atom. The van der Waals surface area contributed by atoms with Crippen LogP contribution in [0.3, 0.4) is 0 Å². The van der Waals surface area contributed by atoms with Gasteiger partial charge < -0.3 is 0 Å². The van der Waals surface area contributed by atoms with Crippen LogP contribution in [0, 0.1) is 5.82 Å². The van der Waals surface area contributed by atoms with E-state index in [2.05, 4.69) is 25.7 Å². The first-order valence-corrected chi connectivity index (χ1v) is 10.9. The van der Waals surface area contributed by atoms with Gasteiger partial charge in [0.15, 0.2) is 16.8 Å². The quantitative estimate of drug-likeness (QED) is 0.348. The molecule has 2 heterocycles. The topological polar surface area (TPSA) is 74.3 Å². The highest BCUT2D eigenvalue weighted by molar-refractivity contribution is 7.99. The summed E-state index contributed by atoms with van der Waals surface area (Å²) in [5, 5.41) is 21.7. The van der Waals surface area contributed by atoms with Gasteiger partial charge in [0.05, 0.1) is 10.9 Å². The number of aromatic nitrogens is 7. The van der Waals surface area contributed by atoms with E-state index >= 15 is 0 Å². The lowest BCUT2D eigenvalue weighted by Gasteiger charge is -2.14. The van der Waals surface area contributed by atoms with Crippen molar-refractivity contribution in [2.75, 3.05) is 0 Å². The first-order valence-electron chi connectivity index (χ1n) is 9.98. The number of benzene rings is 3. The average Bonchev–Trinajstić information content (AvgIpc) is 3.49. The summed E-state index contributed by atoms with van der Waals surface area (Å²) in [5.41, 5.74) is 2.57. The minimum absolute atomic E-state index is 0.128. The van der Waals surface area contributed by atoms with Crippen LogP contribution in [0.1, 0.15) is 18.0 Å². The molecule has 32 heavy (non-hydrogen) atoms. The Labute approximate surface area is 187 Å². The fourth-order valence-electron chi connectivity index (χ4n) is 3.35. The zero-order valence-corrected chi connectivity index (χ0v) is 17.9. The smallest absolute Gasteiger partial charge is 0.196 e. The zero-order valence-electron chi connectivity index (χ0n) is 17.1. The number of halogens is 1. The van der Waals surface area contributed by atoms with Gasteiger partial charge in [-0.05, 0) is 53.7 Å². The average molecular weight is 444 g/mol. The molecule has 0 aliphatic heterocycles. The summed E-state index contributed by atoms with van der Waals surface area (Å²) >= 11 is 1.48. The molecule has 1 atom stereocenters. The lowest BCUT2D eigenvalue weighted by atomic mass is 10.2. The van der Waals surface area contributed by atoms with Gasteiger partial charge in [0.25, 0.3) is 0 Å². The standard InChI is InChI=1S/C23H18FN7S/c1-16(21-26-28-29-31(21)20-10-6-3-7-11-20)32-23-27-25-22(17-8-4-2-5-9-17)30(23)19-14-12-18(24)13-15-19/h2-16H,1H3. The van der Waals surface area contributed by atoms with E-state index in [0.717, 1.165) is 16.9 Å². The van der Waals surface area contributed by atoms with Crippen molar-refractivity contribution >= 4 is 11.8 Å². The summed E-state index contributed by atoms with van der Waals surface area (Å²) < 4.78 is 17.2. The molecule has 9 heteroatoms. The second-order valence-electron chi connectivity index (χ2n) is 7.03. The van der Waals surface area contributed by atoms with E-state index in [-0.39, 0.29) is 11.1 Å². The molecule has 2 aromatic heterocycles. The Morgan fingerprint density at radius 2 is 1.47 bits per heavy atom. The van der Waals surface area contributed by atoms with Gasteiger partial charge in [0, 0.05) is 11.3 Å². The Balaban J connectivity index is 1.54. The molecule has 0 fully saturated rings. The van der Waals surface area contributed by atoms with Crippen molar-refractivity contribution in [3.8, 4) is 22.8 Å². The van der Waals surface area contributed by atoms with Gasteiger partial charge in [0.2, 0.25) is 0 Å². The van der Waals surface area contributed by atoms with E-state index in [1.54, 1.807) is 16.8 Å². The van der Waals surface area contributed by atoms with Crippen LogP contribution in [0.5, 0.6) is 0 Å². The number of nitrogens with zero attached hydrogens (tertiary/aromatic N) is 7. The fraction of sp³-hybridized carbons (Fsp3) is 0.0870. The van der Waals surface area contributed by atoms with Crippen molar-refractivity contribution in [3.63, 3.8) is 0 Å². The maximum atomic E-state index is 13.6. The van der Waals surface area contributed by atoms with Crippen molar-refractivity contribution in [1.29, 1.82) is 0 Å². The lowest BCUT2D eigenvalue weighted by molar-refractivity contribution is 0.627. The van der Waals surface area contributed by atoms with Crippen LogP contribution in [0.15, 0.2) is 90.1 Å². The Bertz CT molecular complexity index is 1320. The first-order chi connectivity index (χ1) is 15.7. The summed E-state index contributed by atoms with van der Waals surface area (Å²) in [5.74, 6) is 1.07. The molecule has 0 N–H and O–H groups in total. The molecule has 0 radical (unpaired) electrons. The van der Waals surface area contributed by atoms with Gasteiger partial charge in [-0.2, -0.15) is 4.68 Å². The van der Waals surface area contributed by atoms with Gasteiger partial charge in [-0.25, -0.2) is 4.39 Å². The molecule has 0 aliphatic rings. The minimum atomic E-state index is -0.298. The molecule has 3 aromatic carbocycles. The molecule has 5 aromatic rings. The van der Waals surface area contributed by atoms with Crippen LogP contribution < -0.4 is 0 Å². The van der Waals surface area contributed by atoms with Gasteiger partial charge in [-0.15, -0.1) is 15.3 Å². The third-order valence-electron chi connectivity index (χ3n) is 4.89. The predicted molar refractivity (Wildman–Crippen MR) is 120 cm³/mol. The third-order valence-corrected chi connectivity index (χ3v) is 5.93. The zero-order chi connectivity index (χ0) is 21.9. The SMILES string of the molecule is CC(Sc1nnc(-c2ccccc2)n1-c1ccc(F)cc1)c1nnnn1-c1ccccc1. The molecule has 0 saturated heterocycles. The molecule has 0 amide bonds. The van der Waals surface area contributed by atoms with Crippen molar-refractivity contribution in [2.24, 2.45) is 0 Å². The molecular formula is C23H18FN7S. The third kappa shape index (κ3) is 3.90.